The van der Waals surface area contributed by atoms with Gasteiger partial charge in [-0.25, -0.2) is 8.42 Å². The quantitative estimate of drug-likeness (QED) is 0.718. The second-order valence-electron chi connectivity index (χ2n) is 7.87. The first-order valence-electron chi connectivity index (χ1n) is 10.1. The van der Waals surface area contributed by atoms with Gasteiger partial charge >= 0.3 is 0 Å². The molecule has 3 heterocycles. The monoisotopic (exact) mass is 441 g/mol. The minimum atomic E-state index is -3.68. The number of nitrogens with two attached hydrogens (primary N) is 1. The van der Waals surface area contributed by atoms with Crippen LogP contribution in [0.5, 0.6) is 11.5 Å². The molecule has 3 aliphatic rings. The van der Waals surface area contributed by atoms with Crippen LogP contribution in [0, 0.1) is 0 Å². The van der Waals surface area contributed by atoms with E-state index in [0.29, 0.717) is 37.8 Å². The third-order valence-corrected chi connectivity index (χ3v) is 7.67. The lowest BCUT2D eigenvalue weighted by molar-refractivity contribution is -0.131. The van der Waals surface area contributed by atoms with Crippen LogP contribution in [0.3, 0.4) is 0 Å². The first-order chi connectivity index (χ1) is 14.9. The number of ether oxygens (including phenoxy) is 2. The predicted molar refractivity (Wildman–Crippen MR) is 113 cm³/mol. The Hall–Kier alpha value is -2.88. The van der Waals surface area contributed by atoms with E-state index in [4.69, 9.17) is 15.2 Å². The summed E-state index contributed by atoms with van der Waals surface area (Å²) < 4.78 is 38.8. The minimum absolute atomic E-state index is 0.151. The highest BCUT2D eigenvalue weighted by Crippen LogP contribution is 2.35. The van der Waals surface area contributed by atoms with Crippen molar-refractivity contribution in [3.05, 3.63) is 65.2 Å². The summed E-state index contributed by atoms with van der Waals surface area (Å²) in [5, 5.41) is 0. The van der Waals surface area contributed by atoms with Crippen LogP contribution >= 0.6 is 0 Å². The molecule has 0 saturated carbocycles. The van der Waals surface area contributed by atoms with Crippen molar-refractivity contribution in [2.24, 2.45) is 5.73 Å². The lowest BCUT2D eigenvalue weighted by Gasteiger charge is -2.25. The van der Waals surface area contributed by atoms with Crippen LogP contribution in [0.4, 0.5) is 0 Å². The van der Waals surface area contributed by atoms with Crippen LogP contribution in [0.25, 0.3) is 0 Å². The highest BCUT2D eigenvalue weighted by Gasteiger charge is 2.39. The average molecular weight is 442 g/mol. The second kappa shape index (κ2) is 7.67. The summed E-state index contributed by atoms with van der Waals surface area (Å²) in [5.74, 6) is 0.844. The highest BCUT2D eigenvalue weighted by molar-refractivity contribution is 7.89. The van der Waals surface area contributed by atoms with Crippen LogP contribution in [0.1, 0.15) is 11.6 Å². The Morgan fingerprint density at radius 1 is 0.903 bits per heavy atom. The van der Waals surface area contributed by atoms with Crippen molar-refractivity contribution in [1.82, 2.24) is 9.21 Å². The van der Waals surface area contributed by atoms with Gasteiger partial charge in [0.05, 0.1) is 4.90 Å². The molecule has 0 aliphatic carbocycles. The number of hydrogen-bond acceptors (Lipinski definition) is 6. The van der Waals surface area contributed by atoms with E-state index in [1.165, 1.54) is 10.4 Å². The fourth-order valence-electron chi connectivity index (χ4n) is 4.20. The molecule has 0 radical (unpaired) electrons. The van der Waals surface area contributed by atoms with Crippen molar-refractivity contribution in [3.8, 4) is 11.5 Å². The Balaban J connectivity index is 1.26. The van der Waals surface area contributed by atoms with Gasteiger partial charge in [-0.3, -0.25) is 4.79 Å². The zero-order valence-electron chi connectivity index (χ0n) is 16.9. The summed E-state index contributed by atoms with van der Waals surface area (Å²) >= 11 is 0. The Morgan fingerprint density at radius 3 is 2.23 bits per heavy atom. The third-order valence-electron chi connectivity index (χ3n) is 5.89. The van der Waals surface area contributed by atoms with Crippen LogP contribution in [-0.4, -0.2) is 62.9 Å². The molecule has 2 aromatic carbocycles. The van der Waals surface area contributed by atoms with E-state index < -0.39 is 16.1 Å². The number of carbonyl (C=O) groups excluding carboxylic acids is 1. The van der Waals surface area contributed by atoms with Crippen LogP contribution < -0.4 is 15.2 Å². The van der Waals surface area contributed by atoms with E-state index in [1.54, 1.807) is 17.0 Å². The van der Waals surface area contributed by atoms with Gasteiger partial charge in [0.1, 0.15) is 19.3 Å². The Labute approximate surface area is 180 Å². The number of nitrogens with zero attached hydrogens (tertiary/aromatic N) is 2. The molecule has 1 amide bonds. The molecule has 9 heteroatoms. The Morgan fingerprint density at radius 2 is 1.55 bits per heavy atom. The maximum Gasteiger partial charge on any atom is 0.244 e. The number of rotatable bonds is 4. The van der Waals surface area contributed by atoms with E-state index in [1.807, 2.05) is 30.3 Å². The Kier molecular flexibility index (Phi) is 4.96. The number of benzene rings is 2. The van der Waals surface area contributed by atoms with Gasteiger partial charge in [0, 0.05) is 32.2 Å². The van der Waals surface area contributed by atoms with Crippen LogP contribution in [0.2, 0.25) is 0 Å². The molecule has 8 nitrogen and oxygen atoms in total. The molecule has 3 aliphatic heterocycles. The van der Waals surface area contributed by atoms with Crippen molar-refractivity contribution in [1.29, 1.82) is 0 Å². The zero-order chi connectivity index (χ0) is 21.6. The summed E-state index contributed by atoms with van der Waals surface area (Å²) in [5.41, 5.74) is 8.86. The van der Waals surface area contributed by atoms with E-state index in [0.717, 1.165) is 16.7 Å². The van der Waals surface area contributed by atoms with Crippen LogP contribution in [0.15, 0.2) is 64.6 Å². The summed E-state index contributed by atoms with van der Waals surface area (Å²) in [6.45, 7) is 2.20. The van der Waals surface area contributed by atoms with Crippen LogP contribution in [-0.2, 0) is 14.8 Å². The topological polar surface area (TPSA) is 102 Å². The van der Waals surface area contributed by atoms with E-state index in [2.05, 4.69) is 0 Å². The molecule has 0 bridgehead atoms. The minimum Gasteiger partial charge on any atom is -0.486 e. The van der Waals surface area contributed by atoms with Gasteiger partial charge in [0.2, 0.25) is 15.9 Å². The largest absolute Gasteiger partial charge is 0.486 e. The fraction of sp³-hybridized carbons (Fsp3) is 0.318. The number of hydrogen-bond donors (Lipinski definition) is 1. The van der Waals surface area contributed by atoms with Gasteiger partial charge in [0.25, 0.3) is 0 Å². The predicted octanol–water partition coefficient (Wildman–Crippen LogP) is 1.30. The number of carbonyl (C=O) groups is 1. The standard InChI is InChI=1S/C22H23N3O5S/c23-21(15-4-2-1-3-5-15)22(26)24-11-16-13-25(14-17(16)12-24)31(27,28)18-6-7-19-20(10-18)30-9-8-29-19/h1-7,10,21H,8-9,11-14,23H2/t21-/m0/s1. The highest BCUT2D eigenvalue weighted by atomic mass is 32.2. The molecule has 0 saturated heterocycles. The fourth-order valence-corrected chi connectivity index (χ4v) is 5.65. The summed E-state index contributed by atoms with van der Waals surface area (Å²) in [6.07, 6.45) is 0. The van der Waals surface area contributed by atoms with Gasteiger partial charge in [-0.05, 0) is 28.8 Å². The molecule has 162 valence electrons. The normalized spacial score (nSPS) is 19.5. The number of amides is 1. The maximum absolute atomic E-state index is 13.2. The van der Waals surface area contributed by atoms with Crippen molar-refractivity contribution in [3.63, 3.8) is 0 Å². The molecule has 2 aromatic rings. The van der Waals surface area contributed by atoms with Gasteiger partial charge in [-0.2, -0.15) is 4.31 Å². The van der Waals surface area contributed by atoms with Gasteiger partial charge in [-0.15, -0.1) is 0 Å². The summed E-state index contributed by atoms with van der Waals surface area (Å²) in [7, 11) is -3.68. The van der Waals surface area contributed by atoms with Crippen molar-refractivity contribution in [2.75, 3.05) is 39.4 Å². The van der Waals surface area contributed by atoms with E-state index in [9.17, 15) is 13.2 Å². The molecule has 0 unspecified atom stereocenters. The second-order valence-corrected chi connectivity index (χ2v) is 9.81. The SMILES string of the molecule is N[C@H](C(=O)N1CC2=C(C1)CN(S(=O)(=O)c1ccc3c(c1)OCCO3)C2)c1ccccc1. The number of sulfonamides is 1. The van der Waals surface area contributed by atoms with Crippen molar-refractivity contribution in [2.45, 2.75) is 10.9 Å². The van der Waals surface area contributed by atoms with Crippen molar-refractivity contribution >= 4 is 15.9 Å². The van der Waals surface area contributed by atoms with Gasteiger partial charge in [0.15, 0.2) is 11.5 Å². The van der Waals surface area contributed by atoms with E-state index in [-0.39, 0.29) is 23.9 Å². The third kappa shape index (κ3) is 3.58. The molecular formula is C22H23N3O5S. The molecule has 2 N–H and O–H groups in total. The molecule has 31 heavy (non-hydrogen) atoms. The first-order valence-corrected chi connectivity index (χ1v) is 11.6. The molecule has 1 atom stereocenters. The van der Waals surface area contributed by atoms with Gasteiger partial charge < -0.3 is 20.1 Å². The smallest absolute Gasteiger partial charge is 0.244 e. The average Bonchev–Trinajstić information content (AvgIpc) is 3.38. The van der Waals surface area contributed by atoms with Gasteiger partial charge in [-0.1, -0.05) is 30.3 Å². The molecular weight excluding hydrogens is 418 g/mol. The zero-order valence-corrected chi connectivity index (χ0v) is 17.7. The molecule has 5 rings (SSSR count). The first kappa shape index (κ1) is 20.0. The lowest BCUT2D eigenvalue weighted by atomic mass is 10.1. The summed E-state index contributed by atoms with van der Waals surface area (Å²) in [4.78, 5) is 14.7. The molecule has 0 spiro atoms. The summed E-state index contributed by atoms with van der Waals surface area (Å²) in [6, 6.07) is 13.2. The number of fused-ring (bicyclic) bond motifs is 1. The Bertz CT molecular complexity index is 1140. The molecule has 0 fully saturated rings. The van der Waals surface area contributed by atoms with E-state index >= 15 is 0 Å². The lowest BCUT2D eigenvalue weighted by Crippen LogP contribution is -2.40. The maximum atomic E-state index is 13.2. The van der Waals surface area contributed by atoms with Crippen molar-refractivity contribution < 1.29 is 22.7 Å². The molecule has 0 aromatic heterocycles.